The summed E-state index contributed by atoms with van der Waals surface area (Å²) in [6, 6.07) is 6.59. The van der Waals surface area contributed by atoms with E-state index in [9.17, 15) is 4.39 Å². The molecule has 2 aliphatic rings. The highest BCUT2D eigenvalue weighted by atomic mass is 19.1. The molecule has 1 saturated carbocycles. The molecule has 0 spiro atoms. The van der Waals surface area contributed by atoms with Crippen molar-refractivity contribution in [1.82, 2.24) is 4.57 Å². The largest absolute Gasteiger partial charge is 0.488 e. The summed E-state index contributed by atoms with van der Waals surface area (Å²) in [5, 5.41) is 6.59. The van der Waals surface area contributed by atoms with Gasteiger partial charge in [-0.3, -0.25) is 0 Å². The van der Waals surface area contributed by atoms with Crippen molar-refractivity contribution in [3.05, 3.63) is 42.0 Å². The molecule has 1 aliphatic heterocycles. The van der Waals surface area contributed by atoms with E-state index in [1.165, 1.54) is 12.1 Å². The number of fused-ring (bicyclic) bond motifs is 1. The third-order valence-electron chi connectivity index (χ3n) is 5.21. The molecule has 1 aromatic heterocycles. The van der Waals surface area contributed by atoms with Crippen molar-refractivity contribution in [2.24, 2.45) is 12.0 Å². The highest BCUT2D eigenvalue weighted by molar-refractivity contribution is 6.12. The topological polar surface area (TPSA) is 59.8 Å². The molecule has 144 valence electrons. The van der Waals surface area contributed by atoms with Crippen molar-refractivity contribution in [2.45, 2.75) is 37.9 Å². The Morgan fingerprint density at radius 1 is 1.26 bits per heavy atom. The molecular formula is C20H25FN4O2. The van der Waals surface area contributed by atoms with Gasteiger partial charge in [-0.05, 0) is 37.5 Å². The van der Waals surface area contributed by atoms with E-state index >= 15 is 0 Å². The van der Waals surface area contributed by atoms with Gasteiger partial charge < -0.3 is 24.7 Å². The fourth-order valence-corrected chi connectivity index (χ4v) is 3.77. The second kappa shape index (κ2) is 7.60. The number of hydrogen-bond acceptors (Lipinski definition) is 5. The number of ether oxygens (including phenoxy) is 2. The van der Waals surface area contributed by atoms with Gasteiger partial charge in [-0.2, -0.15) is 0 Å². The molecule has 6 nitrogen and oxygen atoms in total. The van der Waals surface area contributed by atoms with Gasteiger partial charge in [-0.25, -0.2) is 9.38 Å². The molecule has 1 aromatic carbocycles. The number of nitrogens with one attached hydrogen (secondary N) is 2. The molecule has 7 heteroatoms. The van der Waals surface area contributed by atoms with Crippen LogP contribution in [0.3, 0.4) is 0 Å². The lowest BCUT2D eigenvalue weighted by atomic mass is 9.95. The molecule has 1 aliphatic carbocycles. The molecule has 0 unspecified atom stereocenters. The lowest BCUT2D eigenvalue weighted by molar-refractivity contribution is 0.0211. The Balaban J connectivity index is 1.57. The Bertz CT molecular complexity index is 849. The van der Waals surface area contributed by atoms with Crippen LogP contribution in [0.15, 0.2) is 35.5 Å². The highest BCUT2D eigenvalue weighted by Crippen LogP contribution is 2.32. The summed E-state index contributed by atoms with van der Waals surface area (Å²) < 4.78 is 27.6. The zero-order valence-corrected chi connectivity index (χ0v) is 15.7. The van der Waals surface area contributed by atoms with Crippen LogP contribution in [-0.2, 0) is 11.8 Å². The molecule has 0 amide bonds. The third kappa shape index (κ3) is 3.78. The first-order valence-corrected chi connectivity index (χ1v) is 9.34. The van der Waals surface area contributed by atoms with Crippen LogP contribution in [0.25, 0.3) is 0 Å². The lowest BCUT2D eigenvalue weighted by Gasteiger charge is -2.29. The van der Waals surface area contributed by atoms with Gasteiger partial charge in [0.15, 0.2) is 5.84 Å². The van der Waals surface area contributed by atoms with E-state index in [2.05, 4.69) is 15.6 Å². The predicted molar refractivity (Wildman–Crippen MR) is 104 cm³/mol. The zero-order valence-electron chi connectivity index (χ0n) is 15.7. The first kappa shape index (κ1) is 17.9. The maximum absolute atomic E-state index is 13.9. The van der Waals surface area contributed by atoms with Crippen molar-refractivity contribution < 1.29 is 13.9 Å². The van der Waals surface area contributed by atoms with Crippen LogP contribution in [0.4, 0.5) is 15.8 Å². The summed E-state index contributed by atoms with van der Waals surface area (Å²) in [6.07, 6.45) is 6.06. The maximum Gasteiger partial charge on any atom is 0.153 e. The standard InChI is InChI=1S/C20H25FN4O2/c1-25-9-8-17-19(25)20(23-12-22-17)24-16-7-6-13(21)10-18(16)27-15-5-3-4-14(11-15)26-2/h6-10,14-15,22H,3-5,11-12H2,1-2H3,(H,23,24)/t14-,15+/m1/s1. The minimum absolute atomic E-state index is 0.0200. The number of benzene rings is 1. The molecule has 2 N–H and O–H groups in total. The van der Waals surface area contributed by atoms with E-state index in [4.69, 9.17) is 9.47 Å². The van der Waals surface area contributed by atoms with E-state index in [1.807, 2.05) is 23.9 Å². The van der Waals surface area contributed by atoms with Crippen molar-refractivity contribution in [3.63, 3.8) is 0 Å². The Morgan fingerprint density at radius 3 is 2.96 bits per heavy atom. The van der Waals surface area contributed by atoms with Crippen LogP contribution in [0, 0.1) is 5.82 Å². The number of halogens is 1. The minimum Gasteiger partial charge on any atom is -0.488 e. The van der Waals surface area contributed by atoms with E-state index in [1.54, 1.807) is 13.2 Å². The number of aliphatic imine (C=N–C) groups is 1. The van der Waals surface area contributed by atoms with Crippen LogP contribution in [0.2, 0.25) is 0 Å². The Morgan fingerprint density at radius 2 is 2.11 bits per heavy atom. The molecule has 4 rings (SSSR count). The quantitative estimate of drug-likeness (QED) is 0.858. The van der Waals surface area contributed by atoms with Gasteiger partial charge in [0.25, 0.3) is 0 Å². The van der Waals surface area contributed by atoms with Gasteiger partial charge in [0.1, 0.15) is 30.0 Å². The summed E-state index contributed by atoms with van der Waals surface area (Å²) in [5.41, 5.74) is 2.70. The van der Waals surface area contributed by atoms with Crippen molar-refractivity contribution in [2.75, 3.05) is 24.4 Å². The lowest BCUT2D eigenvalue weighted by Crippen LogP contribution is -2.30. The van der Waals surface area contributed by atoms with Crippen LogP contribution in [0.5, 0.6) is 5.75 Å². The highest BCUT2D eigenvalue weighted by Gasteiger charge is 2.25. The Hall–Kier alpha value is -2.54. The molecule has 0 saturated heterocycles. The molecule has 0 bridgehead atoms. The number of methoxy groups -OCH3 is 1. The minimum atomic E-state index is -0.318. The Kier molecular flexibility index (Phi) is 5.03. The molecule has 27 heavy (non-hydrogen) atoms. The summed E-state index contributed by atoms with van der Waals surface area (Å²) >= 11 is 0. The maximum atomic E-state index is 13.9. The van der Waals surface area contributed by atoms with Crippen molar-refractivity contribution in [3.8, 4) is 5.75 Å². The fourth-order valence-electron chi connectivity index (χ4n) is 3.77. The summed E-state index contributed by atoms with van der Waals surface area (Å²) in [7, 11) is 3.70. The van der Waals surface area contributed by atoms with E-state index in [0.717, 1.165) is 42.9 Å². The number of aryl methyl sites for hydroxylation is 1. The molecule has 1 fully saturated rings. The average Bonchev–Trinajstić information content (AvgIpc) is 3.06. The number of amidine groups is 1. The first-order valence-electron chi connectivity index (χ1n) is 9.34. The molecule has 2 aromatic rings. The van der Waals surface area contributed by atoms with E-state index < -0.39 is 0 Å². The number of rotatable bonds is 4. The van der Waals surface area contributed by atoms with Gasteiger partial charge in [0, 0.05) is 32.8 Å². The Labute approximate surface area is 158 Å². The van der Waals surface area contributed by atoms with Gasteiger partial charge in [0.2, 0.25) is 0 Å². The van der Waals surface area contributed by atoms with Crippen LogP contribution in [-0.4, -0.2) is 36.4 Å². The first-order chi connectivity index (χ1) is 13.1. The fraction of sp³-hybridized carbons (Fsp3) is 0.450. The zero-order chi connectivity index (χ0) is 18.8. The van der Waals surface area contributed by atoms with Crippen LogP contribution < -0.4 is 15.4 Å². The summed E-state index contributed by atoms with van der Waals surface area (Å²) in [5.74, 6) is 0.932. The molecular weight excluding hydrogens is 347 g/mol. The van der Waals surface area contributed by atoms with Crippen molar-refractivity contribution >= 4 is 17.2 Å². The smallest absolute Gasteiger partial charge is 0.153 e. The number of anilines is 2. The monoisotopic (exact) mass is 372 g/mol. The predicted octanol–water partition coefficient (Wildman–Crippen LogP) is 3.74. The summed E-state index contributed by atoms with van der Waals surface area (Å²) in [4.78, 5) is 4.54. The van der Waals surface area contributed by atoms with Crippen molar-refractivity contribution in [1.29, 1.82) is 0 Å². The van der Waals surface area contributed by atoms with Gasteiger partial charge in [-0.1, -0.05) is 0 Å². The SMILES string of the molecule is CO[C@@H]1CCC[C@H](Oc2cc(F)ccc2NC2=NCNc3ccn(C)c32)C1. The molecule has 2 heterocycles. The normalized spacial score (nSPS) is 21.8. The second-order valence-electron chi connectivity index (χ2n) is 7.06. The van der Waals surface area contributed by atoms with Gasteiger partial charge >= 0.3 is 0 Å². The van der Waals surface area contributed by atoms with Gasteiger partial charge in [-0.15, -0.1) is 0 Å². The second-order valence-corrected chi connectivity index (χ2v) is 7.06. The van der Waals surface area contributed by atoms with Gasteiger partial charge in [0.05, 0.1) is 17.5 Å². The third-order valence-corrected chi connectivity index (χ3v) is 5.21. The van der Waals surface area contributed by atoms with E-state index in [0.29, 0.717) is 18.1 Å². The van der Waals surface area contributed by atoms with Crippen LogP contribution in [0.1, 0.15) is 31.4 Å². The number of aromatic nitrogens is 1. The van der Waals surface area contributed by atoms with Crippen LogP contribution >= 0.6 is 0 Å². The summed E-state index contributed by atoms with van der Waals surface area (Å²) in [6.45, 7) is 0.495. The molecule has 0 radical (unpaired) electrons. The molecule has 2 atom stereocenters. The van der Waals surface area contributed by atoms with E-state index in [-0.39, 0.29) is 18.0 Å². The number of hydrogen-bond donors (Lipinski definition) is 2. The average molecular weight is 372 g/mol. The number of nitrogens with zero attached hydrogens (tertiary/aromatic N) is 2.